The summed E-state index contributed by atoms with van der Waals surface area (Å²) >= 11 is 0. The Morgan fingerprint density at radius 2 is 2.04 bits per heavy atom. The Morgan fingerprint density at radius 3 is 2.72 bits per heavy atom. The van der Waals surface area contributed by atoms with E-state index in [2.05, 4.69) is 36.3 Å². The molecule has 7 heteroatoms. The van der Waals surface area contributed by atoms with Crippen LogP contribution in [0.25, 0.3) is 17.2 Å². The summed E-state index contributed by atoms with van der Waals surface area (Å²) in [5.41, 5.74) is 2.74. The molecule has 25 heavy (non-hydrogen) atoms. The van der Waals surface area contributed by atoms with Crippen molar-refractivity contribution in [3.05, 3.63) is 36.4 Å². The van der Waals surface area contributed by atoms with Gasteiger partial charge in [-0.15, -0.1) is 0 Å². The summed E-state index contributed by atoms with van der Waals surface area (Å²) in [5.74, 6) is 0.671. The summed E-state index contributed by atoms with van der Waals surface area (Å²) in [5, 5.41) is 6.68. The van der Waals surface area contributed by atoms with Crippen LogP contribution in [0.5, 0.6) is 0 Å². The molecule has 2 aliphatic rings. The average molecular weight is 338 g/mol. The maximum absolute atomic E-state index is 5.48. The van der Waals surface area contributed by atoms with Gasteiger partial charge in [0.25, 0.3) is 0 Å². The molecule has 0 spiro atoms. The number of aromatic amines is 1. The molecule has 1 aliphatic heterocycles. The van der Waals surface area contributed by atoms with Crippen molar-refractivity contribution in [2.45, 2.75) is 37.8 Å². The molecule has 0 amide bonds. The third kappa shape index (κ3) is 3.46. The second-order valence-corrected chi connectivity index (χ2v) is 6.46. The zero-order valence-corrected chi connectivity index (χ0v) is 14.3. The number of aliphatic imine (C=N–C) groups is 1. The number of methoxy groups -OCH3 is 1. The number of hydrogen-bond donors (Lipinski definition) is 1. The molecule has 0 bridgehead atoms. The van der Waals surface area contributed by atoms with Gasteiger partial charge in [0.1, 0.15) is 12.0 Å². The quantitative estimate of drug-likeness (QED) is 0.926. The van der Waals surface area contributed by atoms with E-state index in [1.165, 1.54) is 19.2 Å². The number of nitrogens with one attached hydrogen (secondary N) is 1. The lowest BCUT2D eigenvalue weighted by molar-refractivity contribution is 0.0501. The van der Waals surface area contributed by atoms with Crippen LogP contribution >= 0.6 is 0 Å². The topological polar surface area (TPSA) is 79.3 Å². The fourth-order valence-electron chi connectivity index (χ4n) is 3.51. The first-order valence-corrected chi connectivity index (χ1v) is 8.68. The highest BCUT2D eigenvalue weighted by Crippen LogP contribution is 2.28. The minimum Gasteiger partial charge on any atom is -0.381 e. The normalized spacial score (nSPS) is 23.6. The van der Waals surface area contributed by atoms with E-state index in [-0.39, 0.29) is 0 Å². The Kier molecular flexibility index (Phi) is 4.56. The predicted octanol–water partition coefficient (Wildman–Crippen LogP) is 2.51. The summed E-state index contributed by atoms with van der Waals surface area (Å²) in [7, 11) is 1.81. The van der Waals surface area contributed by atoms with E-state index >= 15 is 0 Å². The Bertz CT molecular complexity index is 744. The zero-order chi connectivity index (χ0) is 17.1. The number of nitrogens with zero attached hydrogens (tertiary/aromatic N) is 5. The van der Waals surface area contributed by atoms with Crippen molar-refractivity contribution in [2.75, 3.05) is 13.7 Å². The van der Waals surface area contributed by atoms with Crippen molar-refractivity contribution in [1.82, 2.24) is 25.1 Å². The predicted molar refractivity (Wildman–Crippen MR) is 95.8 cm³/mol. The van der Waals surface area contributed by atoms with E-state index in [1.807, 2.05) is 31.7 Å². The number of ether oxygens (including phenoxy) is 1. The van der Waals surface area contributed by atoms with Gasteiger partial charge in [0, 0.05) is 37.3 Å². The van der Waals surface area contributed by atoms with Gasteiger partial charge in [-0.1, -0.05) is 0 Å². The molecule has 1 fully saturated rings. The minimum absolute atomic E-state index is 0.422. The first-order valence-electron chi connectivity index (χ1n) is 8.68. The van der Waals surface area contributed by atoms with Crippen LogP contribution < -0.4 is 0 Å². The second kappa shape index (κ2) is 7.14. The second-order valence-electron chi connectivity index (χ2n) is 6.46. The van der Waals surface area contributed by atoms with Gasteiger partial charge < -0.3 is 9.64 Å². The van der Waals surface area contributed by atoms with Gasteiger partial charge in [-0.3, -0.25) is 15.1 Å². The van der Waals surface area contributed by atoms with E-state index in [0.29, 0.717) is 18.0 Å². The maximum atomic E-state index is 5.48. The molecule has 3 heterocycles. The van der Waals surface area contributed by atoms with Crippen LogP contribution in [0.2, 0.25) is 0 Å². The monoisotopic (exact) mass is 338 g/mol. The lowest BCUT2D eigenvalue weighted by Crippen LogP contribution is -2.38. The van der Waals surface area contributed by atoms with Crippen molar-refractivity contribution in [3.63, 3.8) is 0 Å². The molecule has 2 aromatic rings. The van der Waals surface area contributed by atoms with E-state index in [1.54, 1.807) is 0 Å². The SMILES string of the molecule is COC1CCC(N2C=C(c3ccc(-c4ncn[nH]4)nc3)N=CC2)CC1. The number of pyridine rings is 1. The standard InChI is InChI=1S/C18H22N6O/c1-25-15-5-3-14(4-6-15)24-9-8-19-17(11-24)13-2-7-16(20-10-13)18-21-12-22-23-18/h2,7-8,10-12,14-15H,3-6,9H2,1H3,(H,21,22,23). The van der Waals surface area contributed by atoms with Gasteiger partial charge in [-0.25, -0.2) is 4.98 Å². The summed E-state index contributed by atoms with van der Waals surface area (Å²) in [6.45, 7) is 0.870. The lowest BCUT2D eigenvalue weighted by atomic mass is 9.92. The number of aromatic nitrogens is 4. The molecule has 4 rings (SSSR count). The van der Waals surface area contributed by atoms with Gasteiger partial charge >= 0.3 is 0 Å². The Morgan fingerprint density at radius 1 is 1.16 bits per heavy atom. The van der Waals surface area contributed by atoms with Gasteiger partial charge in [0.2, 0.25) is 0 Å². The Labute approximate surface area is 146 Å². The largest absolute Gasteiger partial charge is 0.381 e. The summed E-state index contributed by atoms with van der Waals surface area (Å²) in [6.07, 6.45) is 12.5. The average Bonchev–Trinajstić information content (AvgIpc) is 3.23. The van der Waals surface area contributed by atoms with Crippen LogP contribution in [-0.4, -0.2) is 57.1 Å². The summed E-state index contributed by atoms with van der Waals surface area (Å²) in [6, 6.07) is 4.53. The maximum Gasteiger partial charge on any atom is 0.174 e. The van der Waals surface area contributed by atoms with Crippen molar-refractivity contribution >= 4 is 11.9 Å². The molecule has 1 saturated carbocycles. The zero-order valence-electron chi connectivity index (χ0n) is 14.3. The lowest BCUT2D eigenvalue weighted by Gasteiger charge is -2.36. The highest BCUT2D eigenvalue weighted by atomic mass is 16.5. The smallest absolute Gasteiger partial charge is 0.174 e. The molecule has 7 nitrogen and oxygen atoms in total. The molecule has 0 atom stereocenters. The van der Waals surface area contributed by atoms with E-state index in [0.717, 1.165) is 36.3 Å². The van der Waals surface area contributed by atoms with E-state index < -0.39 is 0 Å². The van der Waals surface area contributed by atoms with Crippen LogP contribution in [0, 0.1) is 0 Å². The molecule has 0 unspecified atom stereocenters. The highest BCUT2D eigenvalue weighted by Gasteiger charge is 2.25. The van der Waals surface area contributed by atoms with Crippen LogP contribution in [0.15, 0.2) is 35.8 Å². The Hall–Kier alpha value is -2.54. The molecule has 1 aliphatic carbocycles. The first-order chi connectivity index (χ1) is 12.3. The van der Waals surface area contributed by atoms with E-state index in [9.17, 15) is 0 Å². The molecule has 0 saturated heterocycles. The molecule has 0 radical (unpaired) electrons. The fourth-order valence-corrected chi connectivity index (χ4v) is 3.51. The van der Waals surface area contributed by atoms with Gasteiger partial charge in [-0.05, 0) is 37.8 Å². The van der Waals surface area contributed by atoms with E-state index in [4.69, 9.17) is 4.74 Å². The van der Waals surface area contributed by atoms with Crippen LogP contribution in [0.1, 0.15) is 31.2 Å². The van der Waals surface area contributed by atoms with Crippen LogP contribution in [-0.2, 0) is 4.74 Å². The van der Waals surface area contributed by atoms with Gasteiger partial charge in [0.05, 0.1) is 18.3 Å². The van der Waals surface area contributed by atoms with Crippen LogP contribution in [0.4, 0.5) is 0 Å². The van der Waals surface area contributed by atoms with Crippen molar-refractivity contribution < 1.29 is 4.74 Å². The first kappa shape index (κ1) is 16.0. The number of H-pyrrole nitrogens is 1. The van der Waals surface area contributed by atoms with Crippen molar-refractivity contribution in [3.8, 4) is 11.5 Å². The molecule has 0 aromatic carbocycles. The number of rotatable bonds is 4. The molecular formula is C18H22N6O. The van der Waals surface area contributed by atoms with Gasteiger partial charge in [0.15, 0.2) is 5.82 Å². The Balaban J connectivity index is 1.48. The van der Waals surface area contributed by atoms with Crippen molar-refractivity contribution in [1.29, 1.82) is 0 Å². The molecule has 130 valence electrons. The number of hydrogen-bond acceptors (Lipinski definition) is 6. The van der Waals surface area contributed by atoms with Crippen molar-refractivity contribution in [2.24, 2.45) is 4.99 Å². The molecule has 2 aromatic heterocycles. The summed E-state index contributed by atoms with van der Waals surface area (Å²) in [4.78, 5) is 15.6. The van der Waals surface area contributed by atoms with Gasteiger partial charge in [-0.2, -0.15) is 5.10 Å². The highest BCUT2D eigenvalue weighted by molar-refractivity contribution is 5.77. The third-order valence-corrected chi connectivity index (χ3v) is 4.97. The molecular weight excluding hydrogens is 316 g/mol. The minimum atomic E-state index is 0.422. The fraction of sp³-hybridized carbons (Fsp3) is 0.444. The third-order valence-electron chi connectivity index (χ3n) is 4.97. The molecule has 1 N–H and O–H groups in total. The summed E-state index contributed by atoms with van der Waals surface area (Å²) < 4.78 is 5.48. The van der Waals surface area contributed by atoms with Crippen LogP contribution in [0.3, 0.4) is 0 Å².